The Labute approximate surface area is 119 Å². The molecule has 1 N–H and O–H groups in total. The van der Waals surface area contributed by atoms with Crippen molar-refractivity contribution in [3.63, 3.8) is 0 Å². The monoisotopic (exact) mass is 273 g/mol. The van der Waals surface area contributed by atoms with Crippen LogP contribution in [0.4, 0.5) is 0 Å². The summed E-state index contributed by atoms with van der Waals surface area (Å²) in [4.78, 5) is 4.36. The van der Waals surface area contributed by atoms with E-state index < -0.39 is 6.10 Å². The molecule has 4 nitrogen and oxygen atoms in total. The molecule has 0 radical (unpaired) electrons. The first-order valence-electron chi connectivity index (χ1n) is 6.54. The quantitative estimate of drug-likeness (QED) is 0.822. The minimum Gasteiger partial charge on any atom is -0.491 e. The molecule has 1 aromatic heterocycles. The van der Waals surface area contributed by atoms with E-state index in [9.17, 15) is 5.11 Å². The zero-order chi connectivity index (χ0) is 14.4. The van der Waals surface area contributed by atoms with Crippen molar-refractivity contribution in [2.24, 2.45) is 0 Å². The number of rotatable bonds is 6. The number of aryl methyl sites for hydroxylation is 1. The number of aliphatic hydroxyl groups is 1. The van der Waals surface area contributed by atoms with Gasteiger partial charge in [-0.3, -0.25) is 4.98 Å². The van der Waals surface area contributed by atoms with Crippen LogP contribution in [0.25, 0.3) is 0 Å². The van der Waals surface area contributed by atoms with E-state index in [2.05, 4.69) is 4.98 Å². The van der Waals surface area contributed by atoms with Crippen LogP contribution in [0.2, 0.25) is 0 Å². The average molecular weight is 273 g/mol. The molecule has 20 heavy (non-hydrogen) atoms. The number of nitrogens with zero attached hydrogens (tertiary/aromatic N) is 1. The van der Waals surface area contributed by atoms with Crippen molar-refractivity contribution < 1.29 is 14.6 Å². The fraction of sp³-hybridized carbons (Fsp3) is 0.312. The van der Waals surface area contributed by atoms with Crippen LogP contribution in [0.5, 0.6) is 5.75 Å². The molecule has 106 valence electrons. The van der Waals surface area contributed by atoms with Gasteiger partial charge in [0.2, 0.25) is 0 Å². The molecule has 0 amide bonds. The summed E-state index contributed by atoms with van der Waals surface area (Å²) in [5.41, 5.74) is 2.20. The lowest BCUT2D eigenvalue weighted by molar-refractivity contribution is 0.142. The molecule has 2 aromatic rings. The van der Waals surface area contributed by atoms with Crippen molar-refractivity contribution >= 4 is 0 Å². The van der Waals surface area contributed by atoms with Crippen LogP contribution < -0.4 is 4.74 Å². The van der Waals surface area contributed by atoms with Gasteiger partial charge in [-0.2, -0.15) is 0 Å². The van der Waals surface area contributed by atoms with Crippen LogP contribution in [0, 0.1) is 6.92 Å². The number of pyridine rings is 1. The summed E-state index contributed by atoms with van der Waals surface area (Å²) in [5.74, 6) is 0.653. The van der Waals surface area contributed by atoms with Gasteiger partial charge < -0.3 is 14.6 Å². The molecular weight excluding hydrogens is 254 g/mol. The smallest absolute Gasteiger partial charge is 0.125 e. The van der Waals surface area contributed by atoms with E-state index in [4.69, 9.17) is 9.47 Å². The van der Waals surface area contributed by atoms with Crippen LogP contribution in [0.3, 0.4) is 0 Å². The molecule has 2 rings (SSSR count). The third kappa shape index (κ3) is 3.56. The Morgan fingerprint density at radius 3 is 2.65 bits per heavy atom. The maximum atomic E-state index is 10.5. The highest BCUT2D eigenvalue weighted by molar-refractivity contribution is 5.38. The predicted molar refractivity (Wildman–Crippen MR) is 76.8 cm³/mol. The molecule has 1 heterocycles. The molecule has 0 saturated carbocycles. The number of hydrogen-bond acceptors (Lipinski definition) is 4. The van der Waals surface area contributed by atoms with Crippen molar-refractivity contribution in [2.75, 3.05) is 20.3 Å². The molecule has 1 unspecified atom stereocenters. The fourth-order valence-electron chi connectivity index (χ4n) is 1.95. The summed E-state index contributed by atoms with van der Waals surface area (Å²) < 4.78 is 10.6. The number of benzene rings is 1. The number of methoxy groups -OCH3 is 1. The molecule has 0 aliphatic heterocycles. The Morgan fingerprint density at radius 1 is 1.10 bits per heavy atom. The first kappa shape index (κ1) is 14.5. The van der Waals surface area contributed by atoms with Crippen LogP contribution in [0.15, 0.2) is 42.5 Å². The van der Waals surface area contributed by atoms with Gasteiger partial charge in [-0.25, -0.2) is 0 Å². The van der Waals surface area contributed by atoms with E-state index in [-0.39, 0.29) is 0 Å². The molecule has 0 bridgehead atoms. The summed E-state index contributed by atoms with van der Waals surface area (Å²) in [6.45, 7) is 2.85. The maximum absolute atomic E-state index is 10.5. The van der Waals surface area contributed by atoms with Gasteiger partial charge in [0.05, 0.1) is 12.3 Å². The molecule has 4 heteroatoms. The van der Waals surface area contributed by atoms with E-state index in [0.29, 0.717) is 30.2 Å². The minimum absolute atomic E-state index is 0.446. The lowest BCUT2D eigenvalue weighted by Crippen LogP contribution is -2.09. The molecule has 0 saturated heterocycles. The molecule has 0 fully saturated rings. The number of hydrogen-bond donors (Lipinski definition) is 1. The SMILES string of the molecule is COCCOc1ccccc1C(O)c1cccc(C)n1. The third-order valence-corrected chi connectivity index (χ3v) is 2.95. The first-order valence-corrected chi connectivity index (χ1v) is 6.54. The Hall–Kier alpha value is -1.91. The van der Waals surface area contributed by atoms with E-state index in [1.54, 1.807) is 7.11 Å². The first-order chi connectivity index (χ1) is 9.72. The minimum atomic E-state index is -0.798. The lowest BCUT2D eigenvalue weighted by atomic mass is 10.0. The molecular formula is C16H19NO3. The van der Waals surface area contributed by atoms with Crippen LogP contribution in [0.1, 0.15) is 23.1 Å². The Bertz CT molecular complexity index is 557. The van der Waals surface area contributed by atoms with Crippen LogP contribution >= 0.6 is 0 Å². The normalized spacial score (nSPS) is 12.2. The Morgan fingerprint density at radius 2 is 1.90 bits per heavy atom. The van der Waals surface area contributed by atoms with Gasteiger partial charge in [-0.15, -0.1) is 0 Å². The molecule has 1 atom stereocenters. The maximum Gasteiger partial charge on any atom is 0.125 e. The van der Waals surface area contributed by atoms with E-state index >= 15 is 0 Å². The van der Waals surface area contributed by atoms with Gasteiger partial charge in [0.25, 0.3) is 0 Å². The lowest BCUT2D eigenvalue weighted by Gasteiger charge is -2.16. The largest absolute Gasteiger partial charge is 0.491 e. The standard InChI is InChI=1S/C16H19NO3/c1-12-6-5-8-14(17-12)16(18)13-7-3-4-9-15(13)20-11-10-19-2/h3-9,16,18H,10-11H2,1-2H3. The topological polar surface area (TPSA) is 51.6 Å². The Kier molecular flexibility index (Phi) is 5.09. The van der Waals surface area contributed by atoms with Gasteiger partial charge in [0.1, 0.15) is 18.5 Å². The molecule has 1 aromatic carbocycles. The summed E-state index contributed by atoms with van der Waals surface area (Å²) in [6.07, 6.45) is -0.798. The van der Waals surface area contributed by atoms with E-state index in [1.807, 2.05) is 49.4 Å². The highest BCUT2D eigenvalue weighted by Crippen LogP contribution is 2.29. The van der Waals surface area contributed by atoms with Crippen molar-refractivity contribution in [1.29, 1.82) is 0 Å². The van der Waals surface area contributed by atoms with Crippen molar-refractivity contribution in [3.05, 3.63) is 59.4 Å². The zero-order valence-electron chi connectivity index (χ0n) is 11.7. The number of ether oxygens (including phenoxy) is 2. The van der Waals surface area contributed by atoms with Crippen LogP contribution in [-0.2, 0) is 4.74 Å². The molecule has 0 spiro atoms. The number of para-hydroxylation sites is 1. The van der Waals surface area contributed by atoms with E-state index in [1.165, 1.54) is 0 Å². The number of aromatic nitrogens is 1. The van der Waals surface area contributed by atoms with Crippen LogP contribution in [-0.4, -0.2) is 30.4 Å². The molecule has 0 aliphatic rings. The summed E-state index contributed by atoms with van der Waals surface area (Å²) >= 11 is 0. The van der Waals surface area contributed by atoms with Gasteiger partial charge in [0, 0.05) is 18.4 Å². The number of aliphatic hydroxyl groups excluding tert-OH is 1. The second-order valence-corrected chi connectivity index (χ2v) is 4.49. The van der Waals surface area contributed by atoms with Crippen molar-refractivity contribution in [1.82, 2.24) is 4.98 Å². The third-order valence-electron chi connectivity index (χ3n) is 2.95. The summed E-state index contributed by atoms with van der Waals surface area (Å²) in [6, 6.07) is 13.0. The predicted octanol–water partition coefficient (Wildman–Crippen LogP) is 2.50. The van der Waals surface area contributed by atoms with Gasteiger partial charge >= 0.3 is 0 Å². The molecule has 0 aliphatic carbocycles. The van der Waals surface area contributed by atoms with E-state index in [0.717, 1.165) is 5.69 Å². The average Bonchev–Trinajstić information content (AvgIpc) is 2.47. The van der Waals surface area contributed by atoms with Crippen molar-refractivity contribution in [3.8, 4) is 5.75 Å². The van der Waals surface area contributed by atoms with Gasteiger partial charge in [-0.1, -0.05) is 24.3 Å². The highest BCUT2D eigenvalue weighted by Gasteiger charge is 2.16. The summed E-state index contributed by atoms with van der Waals surface area (Å²) in [7, 11) is 1.63. The Balaban J connectivity index is 2.23. The highest BCUT2D eigenvalue weighted by atomic mass is 16.5. The van der Waals surface area contributed by atoms with Crippen molar-refractivity contribution in [2.45, 2.75) is 13.0 Å². The zero-order valence-corrected chi connectivity index (χ0v) is 11.7. The second-order valence-electron chi connectivity index (χ2n) is 4.49. The fourth-order valence-corrected chi connectivity index (χ4v) is 1.95. The summed E-state index contributed by atoms with van der Waals surface area (Å²) in [5, 5.41) is 10.5. The van der Waals surface area contributed by atoms with Gasteiger partial charge in [-0.05, 0) is 25.1 Å². The van der Waals surface area contributed by atoms with Gasteiger partial charge in [0.15, 0.2) is 0 Å². The second kappa shape index (κ2) is 7.03.